The monoisotopic (exact) mass is 313 g/mol. The van der Waals surface area contributed by atoms with Crippen LogP contribution in [-0.2, 0) is 11.3 Å². The molecule has 0 aromatic heterocycles. The van der Waals surface area contributed by atoms with Gasteiger partial charge in [0.25, 0.3) is 0 Å². The summed E-state index contributed by atoms with van der Waals surface area (Å²) < 4.78 is 18.8. The van der Waals surface area contributed by atoms with E-state index in [-0.39, 0.29) is 5.82 Å². The lowest BCUT2D eigenvalue weighted by atomic mass is 9.84. The van der Waals surface area contributed by atoms with Crippen molar-refractivity contribution in [3.8, 4) is 6.07 Å². The first-order valence-corrected chi connectivity index (χ1v) is 8.35. The number of benzene rings is 1. The summed E-state index contributed by atoms with van der Waals surface area (Å²) in [4.78, 5) is 0. The minimum atomic E-state index is -0.202. The largest absolute Gasteiger partial charge is 0.374 e. The summed E-state index contributed by atoms with van der Waals surface area (Å²) in [7, 11) is 0. The zero-order chi connectivity index (χ0) is 16.3. The van der Waals surface area contributed by atoms with Gasteiger partial charge in [0.2, 0.25) is 0 Å². The molecule has 0 saturated heterocycles. The van der Waals surface area contributed by atoms with Gasteiger partial charge in [-0.05, 0) is 62.1 Å². The molecule has 0 bridgehead atoms. The summed E-state index contributed by atoms with van der Waals surface area (Å²) in [5.41, 5.74) is 1.03. The van der Waals surface area contributed by atoms with Crippen LogP contribution in [0.5, 0.6) is 0 Å². The van der Waals surface area contributed by atoms with Crippen molar-refractivity contribution in [3.63, 3.8) is 0 Å². The van der Waals surface area contributed by atoms with E-state index in [0.717, 1.165) is 30.7 Å². The molecule has 1 aromatic carbocycles. The van der Waals surface area contributed by atoms with E-state index in [1.165, 1.54) is 37.5 Å². The van der Waals surface area contributed by atoms with Crippen molar-refractivity contribution in [2.45, 2.75) is 51.2 Å². The van der Waals surface area contributed by atoms with E-state index in [1.54, 1.807) is 18.2 Å². The summed E-state index contributed by atoms with van der Waals surface area (Å²) in [5, 5.41) is 8.38. The van der Waals surface area contributed by atoms with Crippen molar-refractivity contribution in [2.75, 3.05) is 0 Å². The Hall–Kier alpha value is -1.92. The number of halogens is 1. The molecular formula is C20H24FNO. The van der Waals surface area contributed by atoms with Gasteiger partial charge >= 0.3 is 0 Å². The number of hydrogen-bond acceptors (Lipinski definition) is 2. The molecule has 0 spiro atoms. The van der Waals surface area contributed by atoms with Gasteiger partial charge in [-0.25, -0.2) is 4.39 Å². The van der Waals surface area contributed by atoms with Crippen LogP contribution in [0.2, 0.25) is 0 Å². The van der Waals surface area contributed by atoms with Crippen LogP contribution in [0.15, 0.2) is 48.6 Å². The van der Waals surface area contributed by atoms with Crippen molar-refractivity contribution < 1.29 is 9.13 Å². The fraction of sp³-hybridized carbons (Fsp3) is 0.450. The fourth-order valence-corrected chi connectivity index (χ4v) is 2.99. The minimum absolute atomic E-state index is 0.202. The molecule has 0 heterocycles. The summed E-state index contributed by atoms with van der Waals surface area (Å²) in [6, 6.07) is 8.51. The predicted octanol–water partition coefficient (Wildman–Crippen LogP) is 5.32. The number of allylic oxidation sites excluding steroid dienone is 4. The van der Waals surface area contributed by atoms with Crippen molar-refractivity contribution in [1.82, 2.24) is 0 Å². The van der Waals surface area contributed by atoms with E-state index in [2.05, 4.69) is 6.08 Å². The lowest BCUT2D eigenvalue weighted by Gasteiger charge is -2.28. The van der Waals surface area contributed by atoms with Crippen molar-refractivity contribution in [1.29, 1.82) is 5.26 Å². The maximum atomic E-state index is 12.8. The molecule has 1 aromatic rings. The van der Waals surface area contributed by atoms with Gasteiger partial charge in [0.05, 0.1) is 18.8 Å². The third-order valence-electron chi connectivity index (χ3n) is 4.35. The molecule has 1 fully saturated rings. The highest BCUT2D eigenvalue weighted by Crippen LogP contribution is 2.30. The van der Waals surface area contributed by atoms with Gasteiger partial charge in [-0.2, -0.15) is 5.26 Å². The second kappa shape index (κ2) is 9.97. The fourth-order valence-electron chi connectivity index (χ4n) is 2.99. The highest BCUT2D eigenvalue weighted by molar-refractivity contribution is 5.15. The third kappa shape index (κ3) is 6.80. The Bertz CT molecular complexity index is 548. The second-order valence-corrected chi connectivity index (χ2v) is 6.07. The number of nitriles is 1. The number of hydrogen-bond donors (Lipinski definition) is 0. The molecule has 2 nitrogen and oxygen atoms in total. The van der Waals surface area contributed by atoms with E-state index in [0.29, 0.717) is 12.7 Å². The summed E-state index contributed by atoms with van der Waals surface area (Å²) in [6.07, 6.45) is 14.6. The average molecular weight is 313 g/mol. The Morgan fingerprint density at radius 1 is 1.13 bits per heavy atom. The molecule has 1 aliphatic rings. The molecule has 1 aliphatic carbocycles. The van der Waals surface area contributed by atoms with E-state index < -0.39 is 0 Å². The standard InChI is InChI=1S/C20H24FNO/c21-19-11-7-18(8-12-19)16-23-20-13-9-17(10-14-20)6-4-2-1-3-5-15-22/h1-3,5,7-8,11-12,17,20H,4,6,9-10,13-14,16H2/t17-,20-. The summed E-state index contributed by atoms with van der Waals surface area (Å²) in [6.45, 7) is 0.573. The Kier molecular flexibility index (Phi) is 7.56. The smallest absolute Gasteiger partial charge is 0.123 e. The first-order chi connectivity index (χ1) is 11.3. The predicted molar refractivity (Wildman–Crippen MR) is 90.1 cm³/mol. The van der Waals surface area contributed by atoms with Crippen LogP contribution in [0.25, 0.3) is 0 Å². The van der Waals surface area contributed by atoms with Crippen molar-refractivity contribution in [2.24, 2.45) is 5.92 Å². The quantitative estimate of drug-likeness (QED) is 0.504. The van der Waals surface area contributed by atoms with Crippen molar-refractivity contribution in [3.05, 3.63) is 60.0 Å². The molecule has 0 N–H and O–H groups in total. The second-order valence-electron chi connectivity index (χ2n) is 6.07. The SMILES string of the molecule is N#CC=CC=CCC[C@H]1CC[C@H](OCc2ccc(F)cc2)CC1. The van der Waals surface area contributed by atoms with Crippen LogP contribution < -0.4 is 0 Å². The molecule has 0 unspecified atom stereocenters. The van der Waals surface area contributed by atoms with Gasteiger partial charge in [0.1, 0.15) is 5.82 Å². The number of ether oxygens (including phenoxy) is 1. The van der Waals surface area contributed by atoms with E-state index in [1.807, 2.05) is 12.1 Å². The van der Waals surface area contributed by atoms with Gasteiger partial charge in [0.15, 0.2) is 0 Å². The van der Waals surface area contributed by atoms with E-state index >= 15 is 0 Å². The molecule has 2 rings (SSSR count). The molecule has 0 radical (unpaired) electrons. The van der Waals surface area contributed by atoms with Crippen LogP contribution in [0, 0.1) is 23.1 Å². The maximum Gasteiger partial charge on any atom is 0.123 e. The molecule has 3 heteroatoms. The van der Waals surface area contributed by atoms with Crippen molar-refractivity contribution >= 4 is 0 Å². The zero-order valence-electron chi connectivity index (χ0n) is 13.5. The van der Waals surface area contributed by atoms with Crippen LogP contribution in [0.4, 0.5) is 4.39 Å². The lowest BCUT2D eigenvalue weighted by molar-refractivity contribution is 0.00645. The first-order valence-electron chi connectivity index (χ1n) is 8.35. The molecule has 0 aliphatic heterocycles. The lowest BCUT2D eigenvalue weighted by Crippen LogP contribution is -2.21. The van der Waals surface area contributed by atoms with Crippen LogP contribution in [0.1, 0.15) is 44.1 Å². The Balaban J connectivity index is 1.60. The molecular weight excluding hydrogens is 289 g/mol. The number of nitrogens with zero attached hydrogens (tertiary/aromatic N) is 1. The van der Waals surface area contributed by atoms with Gasteiger partial charge in [-0.3, -0.25) is 0 Å². The minimum Gasteiger partial charge on any atom is -0.374 e. The molecule has 1 saturated carbocycles. The normalized spacial score (nSPS) is 21.7. The molecule has 0 amide bonds. The Morgan fingerprint density at radius 2 is 1.87 bits per heavy atom. The van der Waals surface area contributed by atoms with Crippen LogP contribution in [0.3, 0.4) is 0 Å². The van der Waals surface area contributed by atoms with Gasteiger partial charge in [0, 0.05) is 6.08 Å². The average Bonchev–Trinajstić information content (AvgIpc) is 2.58. The molecule has 122 valence electrons. The van der Waals surface area contributed by atoms with E-state index in [4.69, 9.17) is 10.00 Å². The van der Waals surface area contributed by atoms with Gasteiger partial charge in [-0.1, -0.05) is 30.4 Å². The van der Waals surface area contributed by atoms with Gasteiger partial charge < -0.3 is 4.74 Å². The number of rotatable bonds is 7. The topological polar surface area (TPSA) is 33.0 Å². The van der Waals surface area contributed by atoms with E-state index in [9.17, 15) is 4.39 Å². The zero-order valence-corrected chi connectivity index (χ0v) is 13.5. The Labute approximate surface area is 138 Å². The molecule has 0 atom stereocenters. The third-order valence-corrected chi connectivity index (χ3v) is 4.35. The maximum absolute atomic E-state index is 12.8. The van der Waals surface area contributed by atoms with Gasteiger partial charge in [-0.15, -0.1) is 0 Å². The summed E-state index contributed by atoms with van der Waals surface area (Å²) >= 11 is 0. The Morgan fingerprint density at radius 3 is 2.57 bits per heavy atom. The summed E-state index contributed by atoms with van der Waals surface area (Å²) in [5.74, 6) is 0.580. The highest BCUT2D eigenvalue weighted by atomic mass is 19.1. The van der Waals surface area contributed by atoms with Crippen LogP contribution >= 0.6 is 0 Å². The first kappa shape index (κ1) is 17.4. The van der Waals surface area contributed by atoms with Crippen LogP contribution in [-0.4, -0.2) is 6.10 Å². The molecule has 23 heavy (non-hydrogen) atoms. The highest BCUT2D eigenvalue weighted by Gasteiger charge is 2.21.